The maximum atomic E-state index is 12.7. The monoisotopic (exact) mass is 439 g/mol. The first-order chi connectivity index (χ1) is 13.5. The van der Waals surface area contributed by atoms with Crippen molar-refractivity contribution in [1.82, 2.24) is 14.8 Å². The summed E-state index contributed by atoms with van der Waals surface area (Å²) in [5.41, 5.74) is 0.557. The van der Waals surface area contributed by atoms with Crippen LogP contribution in [0.25, 0.3) is 0 Å². The molecule has 1 aliphatic carbocycles. The zero-order chi connectivity index (χ0) is 19.7. The van der Waals surface area contributed by atoms with Gasteiger partial charge >= 0.3 is 0 Å². The second-order valence-electron chi connectivity index (χ2n) is 7.30. The van der Waals surface area contributed by atoms with E-state index >= 15 is 0 Å². The maximum absolute atomic E-state index is 12.7. The van der Waals surface area contributed by atoms with E-state index in [0.29, 0.717) is 21.8 Å². The largest absolute Gasteiger partial charge is 0.341 e. The Labute approximate surface area is 179 Å². The first-order valence-corrected chi connectivity index (χ1v) is 11.3. The van der Waals surface area contributed by atoms with Crippen molar-refractivity contribution < 1.29 is 4.79 Å². The molecule has 0 bridgehead atoms. The Balaban J connectivity index is 1.47. The zero-order valence-corrected chi connectivity index (χ0v) is 18.0. The Bertz CT molecular complexity index is 864. The number of carbonyl (C=O) groups is 1. The van der Waals surface area contributed by atoms with E-state index < -0.39 is 0 Å². The Morgan fingerprint density at radius 3 is 2.64 bits per heavy atom. The molecule has 1 aromatic carbocycles. The average Bonchev–Trinajstić information content (AvgIpc) is 3.44. The van der Waals surface area contributed by atoms with Gasteiger partial charge in [0.05, 0.1) is 16.0 Å². The lowest BCUT2D eigenvalue weighted by molar-refractivity contribution is -0.115. The van der Waals surface area contributed by atoms with Gasteiger partial charge in [0.1, 0.15) is 0 Å². The molecule has 1 atom stereocenters. The van der Waals surface area contributed by atoms with E-state index in [2.05, 4.69) is 25.0 Å². The summed E-state index contributed by atoms with van der Waals surface area (Å²) in [5, 5.41) is 13.2. The van der Waals surface area contributed by atoms with Crippen LogP contribution >= 0.6 is 35.0 Å². The number of thioether (sulfide) groups is 1. The number of rotatable bonds is 6. The van der Waals surface area contributed by atoms with Gasteiger partial charge < -0.3 is 10.2 Å². The highest BCUT2D eigenvalue weighted by Crippen LogP contribution is 2.42. The molecule has 6 nitrogen and oxygen atoms in total. The molecule has 0 spiro atoms. The van der Waals surface area contributed by atoms with E-state index in [1.54, 1.807) is 18.2 Å². The molecular weight excluding hydrogens is 417 g/mol. The van der Waals surface area contributed by atoms with E-state index in [1.807, 2.05) is 6.92 Å². The smallest absolute Gasteiger partial charge is 0.237 e. The van der Waals surface area contributed by atoms with Crippen LogP contribution in [0.15, 0.2) is 23.4 Å². The molecule has 150 valence electrons. The third kappa shape index (κ3) is 4.42. The zero-order valence-electron chi connectivity index (χ0n) is 15.7. The summed E-state index contributed by atoms with van der Waals surface area (Å²) in [6.45, 7) is 3.93. The van der Waals surface area contributed by atoms with Crippen LogP contribution in [0.5, 0.6) is 0 Å². The number of carbonyl (C=O) groups excluding carboxylic acids is 1. The minimum Gasteiger partial charge on any atom is -0.341 e. The highest BCUT2D eigenvalue weighted by atomic mass is 35.5. The van der Waals surface area contributed by atoms with Gasteiger partial charge in [-0.05, 0) is 57.2 Å². The number of nitrogens with zero attached hydrogens (tertiary/aromatic N) is 4. The molecule has 9 heteroatoms. The normalized spacial score (nSPS) is 18.2. The number of amides is 1. The van der Waals surface area contributed by atoms with E-state index in [9.17, 15) is 4.79 Å². The minimum atomic E-state index is -0.331. The van der Waals surface area contributed by atoms with Crippen LogP contribution in [-0.4, -0.2) is 39.0 Å². The molecule has 2 fully saturated rings. The number of benzene rings is 1. The van der Waals surface area contributed by atoms with Crippen molar-refractivity contribution in [3.8, 4) is 0 Å². The molecule has 2 aromatic rings. The molecule has 1 aromatic heterocycles. The summed E-state index contributed by atoms with van der Waals surface area (Å²) < 4.78 is 2.23. The second kappa shape index (κ2) is 8.51. The van der Waals surface area contributed by atoms with Crippen LogP contribution < -0.4 is 10.2 Å². The molecule has 1 amide bonds. The summed E-state index contributed by atoms with van der Waals surface area (Å²) in [5.74, 6) is 0.831. The Morgan fingerprint density at radius 1 is 1.21 bits per heavy atom. The van der Waals surface area contributed by atoms with Crippen molar-refractivity contribution >= 4 is 52.5 Å². The Kier molecular flexibility index (Phi) is 6.04. The first kappa shape index (κ1) is 19.9. The van der Waals surface area contributed by atoms with Crippen molar-refractivity contribution in [2.75, 3.05) is 23.3 Å². The first-order valence-electron chi connectivity index (χ1n) is 9.65. The summed E-state index contributed by atoms with van der Waals surface area (Å²) in [7, 11) is 0. The van der Waals surface area contributed by atoms with Gasteiger partial charge in [0, 0.05) is 24.2 Å². The highest BCUT2D eigenvalue weighted by molar-refractivity contribution is 8.00. The molecule has 2 heterocycles. The van der Waals surface area contributed by atoms with Gasteiger partial charge in [-0.3, -0.25) is 9.36 Å². The van der Waals surface area contributed by atoms with Crippen LogP contribution in [0.2, 0.25) is 10.0 Å². The number of nitrogens with one attached hydrogen (secondary N) is 1. The molecule has 1 N–H and O–H groups in total. The minimum absolute atomic E-state index is 0.126. The quantitative estimate of drug-likeness (QED) is 0.639. The fraction of sp³-hybridized carbons (Fsp3) is 0.526. The predicted octanol–water partition coefficient (Wildman–Crippen LogP) is 5.03. The predicted molar refractivity (Wildman–Crippen MR) is 115 cm³/mol. The lowest BCUT2D eigenvalue weighted by Gasteiger charge is -2.28. The van der Waals surface area contributed by atoms with E-state index in [4.69, 9.17) is 23.2 Å². The van der Waals surface area contributed by atoms with Gasteiger partial charge in [0.2, 0.25) is 11.9 Å². The van der Waals surface area contributed by atoms with Crippen molar-refractivity contribution in [2.24, 2.45) is 0 Å². The maximum Gasteiger partial charge on any atom is 0.237 e. The summed E-state index contributed by atoms with van der Waals surface area (Å²) in [4.78, 5) is 15.0. The van der Waals surface area contributed by atoms with Crippen molar-refractivity contribution in [3.05, 3.63) is 28.2 Å². The van der Waals surface area contributed by atoms with Gasteiger partial charge in [-0.25, -0.2) is 0 Å². The van der Waals surface area contributed by atoms with E-state index in [0.717, 1.165) is 37.0 Å². The van der Waals surface area contributed by atoms with Gasteiger partial charge in [0.15, 0.2) is 5.16 Å². The highest BCUT2D eigenvalue weighted by Gasteiger charge is 2.33. The van der Waals surface area contributed by atoms with E-state index in [1.165, 1.54) is 31.0 Å². The molecular formula is C19H23Cl2N5OS. The van der Waals surface area contributed by atoms with Crippen LogP contribution in [-0.2, 0) is 4.79 Å². The molecule has 2 aliphatic rings. The third-order valence-corrected chi connectivity index (χ3v) is 6.64. The summed E-state index contributed by atoms with van der Waals surface area (Å²) >= 11 is 13.5. The molecule has 1 unspecified atom stereocenters. The molecule has 28 heavy (non-hydrogen) atoms. The van der Waals surface area contributed by atoms with Crippen LogP contribution in [0.4, 0.5) is 11.6 Å². The molecule has 4 rings (SSSR count). The van der Waals surface area contributed by atoms with E-state index in [-0.39, 0.29) is 11.2 Å². The number of hydrogen-bond acceptors (Lipinski definition) is 5. The van der Waals surface area contributed by atoms with Crippen molar-refractivity contribution in [3.63, 3.8) is 0 Å². The number of halogens is 2. The van der Waals surface area contributed by atoms with Crippen LogP contribution in [0, 0.1) is 0 Å². The number of hydrogen-bond donors (Lipinski definition) is 1. The number of piperidine rings is 1. The lowest BCUT2D eigenvalue weighted by atomic mass is 10.1. The van der Waals surface area contributed by atoms with Crippen LogP contribution in [0.1, 0.15) is 45.1 Å². The SMILES string of the molecule is CC(Sc1nnc(N2CCCCC2)n1C1CC1)C(=O)Nc1ccc(Cl)cc1Cl. The van der Waals surface area contributed by atoms with Gasteiger partial charge in [-0.2, -0.15) is 0 Å². The average molecular weight is 440 g/mol. The second-order valence-corrected chi connectivity index (χ2v) is 9.46. The lowest BCUT2D eigenvalue weighted by Crippen LogP contribution is -2.32. The molecule has 1 aliphatic heterocycles. The van der Waals surface area contributed by atoms with Crippen molar-refractivity contribution in [1.29, 1.82) is 0 Å². The van der Waals surface area contributed by atoms with Gasteiger partial charge in [-0.15, -0.1) is 10.2 Å². The fourth-order valence-corrected chi connectivity index (χ4v) is 4.72. The van der Waals surface area contributed by atoms with Crippen LogP contribution in [0.3, 0.4) is 0 Å². The van der Waals surface area contributed by atoms with Gasteiger partial charge in [-0.1, -0.05) is 35.0 Å². The Hall–Kier alpha value is -1.44. The summed E-state index contributed by atoms with van der Waals surface area (Å²) in [6.07, 6.45) is 5.96. The molecule has 1 saturated carbocycles. The standard InChI is InChI=1S/C19H23Cl2N5OS/c1-12(17(27)22-16-8-5-13(20)11-15(16)21)28-19-24-23-18(26(19)14-6-7-14)25-9-3-2-4-10-25/h5,8,11-12,14H,2-4,6-7,9-10H2,1H3,(H,22,27). The number of anilines is 2. The van der Waals surface area contributed by atoms with Crippen molar-refractivity contribution in [2.45, 2.75) is 55.5 Å². The topological polar surface area (TPSA) is 63.1 Å². The molecule has 1 saturated heterocycles. The Morgan fingerprint density at radius 2 is 1.96 bits per heavy atom. The van der Waals surface area contributed by atoms with Gasteiger partial charge in [0.25, 0.3) is 0 Å². The summed E-state index contributed by atoms with van der Waals surface area (Å²) in [6, 6.07) is 5.48. The fourth-order valence-electron chi connectivity index (χ4n) is 3.35. The molecule has 0 radical (unpaired) electrons. The third-order valence-electron chi connectivity index (χ3n) is 5.04. The number of aromatic nitrogens is 3.